The van der Waals surface area contributed by atoms with Crippen molar-refractivity contribution in [1.82, 2.24) is 4.31 Å². The first kappa shape index (κ1) is 15.9. The molecule has 0 unspecified atom stereocenters. The van der Waals surface area contributed by atoms with Gasteiger partial charge in [-0.1, -0.05) is 30.0 Å². The van der Waals surface area contributed by atoms with E-state index in [1.165, 1.54) is 28.9 Å². The minimum absolute atomic E-state index is 0.233. The van der Waals surface area contributed by atoms with Crippen LogP contribution in [0.25, 0.3) is 0 Å². The highest BCUT2D eigenvalue weighted by molar-refractivity contribution is 7.99. The quantitative estimate of drug-likeness (QED) is 0.768. The van der Waals surface area contributed by atoms with Crippen molar-refractivity contribution in [2.24, 2.45) is 0 Å². The predicted octanol–water partition coefficient (Wildman–Crippen LogP) is 3.92. The number of benzene rings is 2. The summed E-state index contributed by atoms with van der Waals surface area (Å²) < 4.78 is 25.8. The minimum Gasteiger partial charge on any atom is -0.207 e. The Kier molecular flexibility index (Phi) is 4.25. The van der Waals surface area contributed by atoms with Gasteiger partial charge in [0.05, 0.1) is 10.3 Å². The lowest BCUT2D eigenvalue weighted by Gasteiger charge is -2.15. The second kappa shape index (κ2) is 5.89. The third kappa shape index (κ3) is 2.78. The molecule has 0 aliphatic carbocycles. The Labute approximate surface area is 140 Å². The van der Waals surface area contributed by atoms with E-state index < -0.39 is 10.0 Å². The molecule has 1 aliphatic heterocycles. The molecule has 22 heavy (non-hydrogen) atoms. The number of alkyl halides is 1. The van der Waals surface area contributed by atoms with Crippen molar-refractivity contribution in [3.8, 4) is 0 Å². The summed E-state index contributed by atoms with van der Waals surface area (Å²) in [4.78, 5) is 2.48. The molecule has 0 saturated carbocycles. The van der Waals surface area contributed by atoms with Crippen LogP contribution >= 0.6 is 23.4 Å². The van der Waals surface area contributed by atoms with Gasteiger partial charge in [0.25, 0.3) is 0 Å². The molecule has 1 atom stereocenters. The van der Waals surface area contributed by atoms with Crippen LogP contribution in [0.15, 0.2) is 57.2 Å². The maximum atomic E-state index is 12.3. The zero-order valence-corrected chi connectivity index (χ0v) is 14.7. The molecule has 3 nitrogen and oxygen atoms in total. The number of halogens is 1. The van der Waals surface area contributed by atoms with Gasteiger partial charge in [0.2, 0.25) is 10.0 Å². The molecule has 116 valence electrons. The average Bonchev–Trinajstić information content (AvgIpc) is 2.62. The molecule has 0 spiro atoms. The summed E-state index contributed by atoms with van der Waals surface area (Å²) in [6.45, 7) is 0. The molecule has 1 aliphatic rings. The molecule has 1 heterocycles. The van der Waals surface area contributed by atoms with Crippen LogP contribution in [0.1, 0.15) is 16.5 Å². The van der Waals surface area contributed by atoms with Crippen molar-refractivity contribution in [3.63, 3.8) is 0 Å². The van der Waals surface area contributed by atoms with Crippen LogP contribution in [-0.2, 0) is 16.4 Å². The summed E-state index contributed by atoms with van der Waals surface area (Å²) >= 11 is 8.20. The third-order valence-electron chi connectivity index (χ3n) is 3.69. The van der Waals surface area contributed by atoms with Gasteiger partial charge < -0.3 is 0 Å². The van der Waals surface area contributed by atoms with Crippen LogP contribution < -0.4 is 0 Å². The van der Waals surface area contributed by atoms with Crippen molar-refractivity contribution in [2.75, 3.05) is 14.1 Å². The van der Waals surface area contributed by atoms with E-state index in [1.807, 2.05) is 18.2 Å². The minimum atomic E-state index is -3.45. The SMILES string of the molecule is CN(C)S(=O)(=O)c1ccc2c(c1)[C@H](Cl)Cc1ccccc1S2. The van der Waals surface area contributed by atoms with E-state index >= 15 is 0 Å². The normalized spacial score (nSPS) is 17.7. The summed E-state index contributed by atoms with van der Waals surface area (Å²) in [5, 5.41) is -0.233. The van der Waals surface area contributed by atoms with Crippen molar-refractivity contribution >= 4 is 33.4 Å². The van der Waals surface area contributed by atoms with Gasteiger partial charge in [0.1, 0.15) is 0 Å². The van der Waals surface area contributed by atoms with Crippen LogP contribution in [-0.4, -0.2) is 26.8 Å². The Balaban J connectivity index is 2.10. The first-order valence-electron chi connectivity index (χ1n) is 6.86. The van der Waals surface area contributed by atoms with Gasteiger partial charge in [-0.05, 0) is 41.8 Å². The largest absolute Gasteiger partial charge is 0.242 e. The second-order valence-electron chi connectivity index (χ2n) is 5.37. The molecule has 0 saturated heterocycles. The number of hydrogen-bond donors (Lipinski definition) is 0. The molecule has 0 fully saturated rings. The van der Waals surface area contributed by atoms with Crippen LogP contribution in [0.2, 0.25) is 0 Å². The van der Waals surface area contributed by atoms with E-state index in [0.29, 0.717) is 6.42 Å². The lowest BCUT2D eigenvalue weighted by Crippen LogP contribution is -2.22. The van der Waals surface area contributed by atoms with Crippen LogP contribution in [0, 0.1) is 0 Å². The Morgan fingerprint density at radius 2 is 1.86 bits per heavy atom. The van der Waals surface area contributed by atoms with E-state index in [-0.39, 0.29) is 10.3 Å². The molecule has 0 radical (unpaired) electrons. The summed E-state index contributed by atoms with van der Waals surface area (Å²) in [5.74, 6) is 0. The fraction of sp³-hybridized carbons (Fsp3) is 0.250. The van der Waals surface area contributed by atoms with E-state index in [2.05, 4.69) is 12.1 Å². The van der Waals surface area contributed by atoms with E-state index in [4.69, 9.17) is 11.6 Å². The van der Waals surface area contributed by atoms with E-state index in [9.17, 15) is 8.42 Å². The molecule has 6 heteroatoms. The van der Waals surface area contributed by atoms with Crippen molar-refractivity contribution < 1.29 is 8.42 Å². The number of nitrogens with zero attached hydrogens (tertiary/aromatic N) is 1. The van der Waals surface area contributed by atoms with E-state index in [1.54, 1.807) is 23.9 Å². The fourth-order valence-electron chi connectivity index (χ4n) is 2.43. The Hall–Kier alpha value is -1.01. The molecule has 0 N–H and O–H groups in total. The Morgan fingerprint density at radius 1 is 1.14 bits per heavy atom. The van der Waals surface area contributed by atoms with Crippen LogP contribution in [0.3, 0.4) is 0 Å². The monoisotopic (exact) mass is 353 g/mol. The maximum absolute atomic E-state index is 12.3. The Bertz CT molecular complexity index is 819. The average molecular weight is 354 g/mol. The standard InChI is InChI=1S/C16H16ClNO2S2/c1-18(2)22(19,20)12-7-8-16-13(10-12)14(17)9-11-5-3-4-6-15(11)21-16/h3-8,10,14H,9H2,1-2H3/t14-/m1/s1. The lowest BCUT2D eigenvalue weighted by atomic mass is 10.0. The first-order chi connectivity index (χ1) is 10.4. The molecule has 0 amide bonds. The predicted molar refractivity (Wildman–Crippen MR) is 90.2 cm³/mol. The lowest BCUT2D eigenvalue weighted by molar-refractivity contribution is 0.520. The topological polar surface area (TPSA) is 37.4 Å². The summed E-state index contributed by atoms with van der Waals surface area (Å²) in [6.07, 6.45) is 0.698. The molecule has 0 aromatic heterocycles. The zero-order valence-electron chi connectivity index (χ0n) is 12.3. The highest BCUT2D eigenvalue weighted by atomic mass is 35.5. The smallest absolute Gasteiger partial charge is 0.207 e. The fourth-order valence-corrected chi connectivity index (χ4v) is 4.90. The summed E-state index contributed by atoms with van der Waals surface area (Å²) in [7, 11) is -0.385. The van der Waals surface area contributed by atoms with Gasteiger partial charge >= 0.3 is 0 Å². The van der Waals surface area contributed by atoms with Gasteiger partial charge in [0, 0.05) is 23.9 Å². The van der Waals surface area contributed by atoms with Gasteiger partial charge in [-0.2, -0.15) is 0 Å². The van der Waals surface area contributed by atoms with Gasteiger partial charge in [0.15, 0.2) is 0 Å². The molecule has 3 rings (SSSR count). The molecule has 2 aromatic carbocycles. The first-order valence-corrected chi connectivity index (χ1v) is 9.55. The number of sulfonamides is 1. The van der Waals surface area contributed by atoms with Crippen molar-refractivity contribution in [2.45, 2.75) is 26.5 Å². The Morgan fingerprint density at radius 3 is 2.59 bits per heavy atom. The highest BCUT2D eigenvalue weighted by Crippen LogP contribution is 2.43. The van der Waals surface area contributed by atoms with Crippen molar-refractivity contribution in [1.29, 1.82) is 0 Å². The van der Waals surface area contributed by atoms with Gasteiger partial charge in [-0.15, -0.1) is 11.6 Å². The summed E-state index contributed by atoms with van der Waals surface area (Å²) in [5.41, 5.74) is 2.08. The second-order valence-corrected chi connectivity index (χ2v) is 9.13. The molecular weight excluding hydrogens is 338 g/mol. The van der Waals surface area contributed by atoms with Crippen LogP contribution in [0.5, 0.6) is 0 Å². The summed E-state index contributed by atoms with van der Waals surface area (Å²) in [6, 6.07) is 13.4. The zero-order chi connectivity index (χ0) is 15.9. The van der Waals surface area contributed by atoms with Crippen LogP contribution in [0.4, 0.5) is 0 Å². The van der Waals surface area contributed by atoms with Gasteiger partial charge in [-0.25, -0.2) is 12.7 Å². The maximum Gasteiger partial charge on any atom is 0.242 e. The van der Waals surface area contributed by atoms with Gasteiger partial charge in [-0.3, -0.25) is 0 Å². The highest BCUT2D eigenvalue weighted by Gasteiger charge is 2.24. The van der Waals surface area contributed by atoms with E-state index in [0.717, 1.165) is 10.5 Å². The third-order valence-corrected chi connectivity index (χ3v) is 7.10. The molecule has 2 aromatic rings. The number of fused-ring (bicyclic) bond motifs is 2. The number of hydrogen-bond acceptors (Lipinski definition) is 3. The number of rotatable bonds is 2. The van der Waals surface area contributed by atoms with Crippen molar-refractivity contribution in [3.05, 3.63) is 53.6 Å². The molecule has 0 bridgehead atoms. The molecular formula is C16H16ClNO2S2.